The summed E-state index contributed by atoms with van der Waals surface area (Å²) in [7, 11) is 1.85. The van der Waals surface area contributed by atoms with Crippen molar-refractivity contribution >= 4 is 52.1 Å². The lowest BCUT2D eigenvalue weighted by atomic mass is 9.90. The standard InChI is InChI=1S/C42H46ClN9O5/c1-25-33(24-50(2)49-25)39-47-37-38(34(43)22-45-40(37)48-39)57-31-11-7-29(8-12-31)42(56)51-18-15-26(16-19-51)20-36(54)52-17-3-4-27(23-52)21-44-30-9-5-28(6-10-30)32-13-14-35(53)46-41(32)55/h5-12,22,24,26-27,32,44H,3-4,13-21,23H2,1-2H3,(H,45,47,48)(H,46,53,55)/t27?,32-/m0/s1. The summed E-state index contributed by atoms with van der Waals surface area (Å²) < 4.78 is 7.94. The van der Waals surface area contributed by atoms with Gasteiger partial charge >= 0.3 is 0 Å². The average molecular weight is 792 g/mol. The third kappa shape index (κ3) is 8.51. The molecule has 8 rings (SSSR count). The number of carbonyl (C=O) groups is 4. The van der Waals surface area contributed by atoms with Crippen LogP contribution in [0.5, 0.6) is 11.5 Å². The number of nitrogens with one attached hydrogen (secondary N) is 3. The Kier molecular flexibility index (Phi) is 11.0. The Labute approximate surface area is 335 Å². The quantitative estimate of drug-likeness (QED) is 0.139. The van der Waals surface area contributed by atoms with E-state index in [-0.39, 0.29) is 35.5 Å². The van der Waals surface area contributed by atoms with Crippen molar-refractivity contribution in [3.8, 4) is 22.9 Å². The number of amides is 4. The first-order valence-electron chi connectivity index (χ1n) is 19.6. The molecule has 57 heavy (non-hydrogen) atoms. The van der Waals surface area contributed by atoms with Crippen molar-refractivity contribution in [2.75, 3.05) is 38.0 Å². The first-order chi connectivity index (χ1) is 27.6. The van der Waals surface area contributed by atoms with Crippen LogP contribution in [-0.2, 0) is 21.4 Å². The van der Waals surface area contributed by atoms with Gasteiger partial charge in [0.05, 0.1) is 23.4 Å². The van der Waals surface area contributed by atoms with Crippen molar-refractivity contribution < 1.29 is 23.9 Å². The maximum atomic E-state index is 13.5. The number of benzene rings is 2. The van der Waals surface area contributed by atoms with E-state index in [1.165, 1.54) is 6.20 Å². The zero-order valence-electron chi connectivity index (χ0n) is 32.1. The second-order valence-electron chi connectivity index (χ2n) is 15.4. The van der Waals surface area contributed by atoms with Crippen LogP contribution < -0.4 is 15.4 Å². The number of pyridine rings is 1. The summed E-state index contributed by atoms with van der Waals surface area (Å²) in [4.78, 5) is 66.8. The number of anilines is 1. The van der Waals surface area contributed by atoms with Crippen LogP contribution in [0.3, 0.4) is 0 Å². The topological polar surface area (TPSA) is 167 Å². The number of rotatable bonds is 10. The van der Waals surface area contributed by atoms with Crippen LogP contribution in [0.15, 0.2) is 60.9 Å². The Bertz CT molecular complexity index is 2300. The van der Waals surface area contributed by atoms with E-state index in [0.717, 1.165) is 67.8 Å². The van der Waals surface area contributed by atoms with Crippen LogP contribution in [-0.4, -0.2) is 90.9 Å². The number of likely N-dealkylation sites (tertiary alicyclic amines) is 2. The van der Waals surface area contributed by atoms with Crippen LogP contribution in [0, 0.1) is 18.8 Å². The van der Waals surface area contributed by atoms with Gasteiger partial charge in [-0.15, -0.1) is 0 Å². The van der Waals surface area contributed by atoms with Gasteiger partial charge < -0.3 is 24.8 Å². The maximum Gasteiger partial charge on any atom is 0.253 e. The molecule has 15 heteroatoms. The number of hydrogen-bond acceptors (Lipinski definition) is 9. The molecular weight excluding hydrogens is 746 g/mol. The van der Waals surface area contributed by atoms with Crippen LogP contribution in [0.25, 0.3) is 22.6 Å². The van der Waals surface area contributed by atoms with E-state index in [2.05, 4.69) is 30.7 Å². The predicted octanol–water partition coefficient (Wildman–Crippen LogP) is 6.23. The van der Waals surface area contributed by atoms with Gasteiger partial charge in [-0.2, -0.15) is 5.10 Å². The van der Waals surface area contributed by atoms with E-state index in [9.17, 15) is 19.2 Å². The Morgan fingerprint density at radius 3 is 2.46 bits per heavy atom. The zero-order valence-corrected chi connectivity index (χ0v) is 32.8. The number of ether oxygens (including phenoxy) is 1. The number of halogens is 1. The number of aryl methyl sites for hydroxylation is 2. The number of carbonyl (C=O) groups excluding carboxylic acids is 4. The highest BCUT2D eigenvalue weighted by molar-refractivity contribution is 6.32. The summed E-state index contributed by atoms with van der Waals surface area (Å²) in [5.41, 5.74) is 5.15. The Morgan fingerprint density at radius 2 is 1.74 bits per heavy atom. The minimum atomic E-state index is -0.297. The third-order valence-electron chi connectivity index (χ3n) is 11.4. The first-order valence-corrected chi connectivity index (χ1v) is 20.0. The molecule has 296 valence electrons. The molecule has 3 aromatic heterocycles. The molecule has 1 unspecified atom stereocenters. The molecule has 3 aliphatic rings. The smallest absolute Gasteiger partial charge is 0.253 e. The lowest BCUT2D eigenvalue weighted by Gasteiger charge is -2.36. The fourth-order valence-electron chi connectivity index (χ4n) is 8.22. The van der Waals surface area contributed by atoms with E-state index in [1.54, 1.807) is 28.9 Å². The summed E-state index contributed by atoms with van der Waals surface area (Å²) >= 11 is 6.53. The number of hydrogen-bond donors (Lipinski definition) is 3. The van der Waals surface area contributed by atoms with Crippen molar-refractivity contribution in [2.45, 2.75) is 57.8 Å². The largest absolute Gasteiger partial charge is 0.453 e. The SMILES string of the molecule is Cc1nn(C)cc1-c1nc2ncc(Cl)c(Oc3ccc(C(=O)N4CCC(CC(=O)N5CCCC(CNc6ccc([C@@H]7CCC(=O)NC7=O)cc6)C5)CC4)cc3)c2[nH]1. The zero-order chi connectivity index (χ0) is 39.6. The predicted molar refractivity (Wildman–Crippen MR) is 215 cm³/mol. The molecule has 3 aliphatic heterocycles. The van der Waals surface area contributed by atoms with E-state index in [0.29, 0.717) is 77.3 Å². The van der Waals surface area contributed by atoms with E-state index >= 15 is 0 Å². The molecule has 6 heterocycles. The number of imidazole rings is 1. The molecule has 3 N–H and O–H groups in total. The molecule has 14 nitrogen and oxygen atoms in total. The van der Waals surface area contributed by atoms with Crippen molar-refractivity contribution in [1.82, 2.24) is 39.8 Å². The summed E-state index contributed by atoms with van der Waals surface area (Å²) in [6, 6.07) is 14.9. The second kappa shape index (κ2) is 16.4. The fourth-order valence-corrected chi connectivity index (χ4v) is 8.40. The van der Waals surface area contributed by atoms with Crippen LogP contribution in [0.2, 0.25) is 5.02 Å². The maximum absolute atomic E-state index is 13.5. The molecule has 2 atom stereocenters. The number of piperidine rings is 3. The minimum absolute atomic E-state index is 0.0438. The highest BCUT2D eigenvalue weighted by atomic mass is 35.5. The van der Waals surface area contributed by atoms with Crippen LogP contribution >= 0.6 is 11.6 Å². The number of imide groups is 1. The van der Waals surface area contributed by atoms with E-state index < -0.39 is 0 Å². The molecule has 3 saturated heterocycles. The Morgan fingerprint density at radius 1 is 0.965 bits per heavy atom. The molecule has 0 spiro atoms. The van der Waals surface area contributed by atoms with Crippen molar-refractivity contribution in [3.05, 3.63) is 82.8 Å². The third-order valence-corrected chi connectivity index (χ3v) is 11.7. The summed E-state index contributed by atoms with van der Waals surface area (Å²) in [5, 5.41) is 10.7. The van der Waals surface area contributed by atoms with Gasteiger partial charge in [0.25, 0.3) is 5.91 Å². The van der Waals surface area contributed by atoms with Gasteiger partial charge in [-0.3, -0.25) is 29.2 Å². The number of aromatic amines is 1. The molecule has 0 bridgehead atoms. The van der Waals surface area contributed by atoms with Crippen molar-refractivity contribution in [3.63, 3.8) is 0 Å². The molecule has 0 radical (unpaired) electrons. The molecular formula is C42H46ClN9O5. The van der Waals surface area contributed by atoms with Gasteiger partial charge in [0.15, 0.2) is 11.4 Å². The highest BCUT2D eigenvalue weighted by Gasteiger charge is 2.30. The van der Waals surface area contributed by atoms with Gasteiger partial charge in [-0.1, -0.05) is 23.7 Å². The summed E-state index contributed by atoms with van der Waals surface area (Å²) in [6.07, 6.45) is 8.38. The normalized spacial score (nSPS) is 19.1. The number of aromatic nitrogens is 5. The van der Waals surface area contributed by atoms with Gasteiger partial charge in [0.2, 0.25) is 17.7 Å². The number of nitrogens with zero attached hydrogens (tertiary/aromatic N) is 6. The van der Waals surface area contributed by atoms with Crippen molar-refractivity contribution in [1.29, 1.82) is 0 Å². The van der Waals surface area contributed by atoms with Gasteiger partial charge in [-0.05, 0) is 92.8 Å². The van der Waals surface area contributed by atoms with Gasteiger partial charge in [0, 0.05) is 70.1 Å². The average Bonchev–Trinajstić information content (AvgIpc) is 3.80. The molecule has 2 aromatic carbocycles. The fraction of sp³-hybridized carbons (Fsp3) is 0.405. The highest BCUT2D eigenvalue weighted by Crippen LogP contribution is 2.36. The number of fused-ring (bicyclic) bond motifs is 1. The second-order valence-corrected chi connectivity index (χ2v) is 15.8. The Hall–Kier alpha value is -5.76. The molecule has 5 aromatic rings. The Balaban J connectivity index is 0.796. The molecule has 4 amide bonds. The molecule has 3 fully saturated rings. The van der Waals surface area contributed by atoms with Gasteiger partial charge in [-0.25, -0.2) is 9.97 Å². The van der Waals surface area contributed by atoms with Crippen LogP contribution in [0.1, 0.15) is 72.5 Å². The van der Waals surface area contributed by atoms with E-state index in [1.807, 2.05) is 54.2 Å². The van der Waals surface area contributed by atoms with Gasteiger partial charge in [0.1, 0.15) is 22.1 Å². The molecule has 0 aliphatic carbocycles. The lowest BCUT2D eigenvalue weighted by molar-refractivity contribution is -0.135. The lowest BCUT2D eigenvalue weighted by Crippen LogP contribution is -2.44. The van der Waals surface area contributed by atoms with E-state index in [4.69, 9.17) is 16.3 Å². The van der Waals surface area contributed by atoms with Crippen molar-refractivity contribution in [2.24, 2.45) is 18.9 Å². The monoisotopic (exact) mass is 791 g/mol. The minimum Gasteiger partial charge on any atom is -0.453 e. The summed E-state index contributed by atoms with van der Waals surface area (Å²) in [5.74, 6) is 1.52. The number of H-pyrrole nitrogens is 1. The summed E-state index contributed by atoms with van der Waals surface area (Å²) in [6.45, 7) is 5.38. The van der Waals surface area contributed by atoms with Crippen LogP contribution in [0.4, 0.5) is 5.69 Å². The molecule has 0 saturated carbocycles. The first kappa shape index (κ1) is 38.1.